The van der Waals surface area contributed by atoms with E-state index in [1.54, 1.807) is 21.9 Å². The summed E-state index contributed by atoms with van der Waals surface area (Å²) in [4.78, 5) is 40.6. The Balaban J connectivity index is 1.71. The number of aliphatic carboxylic acids is 1. The summed E-state index contributed by atoms with van der Waals surface area (Å²) in [5.74, 6) is -1.39. The number of carbonyl (C=O) groups is 3. The van der Waals surface area contributed by atoms with Gasteiger partial charge in [0.1, 0.15) is 0 Å². The van der Waals surface area contributed by atoms with Crippen LogP contribution >= 0.6 is 0 Å². The van der Waals surface area contributed by atoms with Crippen LogP contribution in [0.2, 0.25) is 0 Å². The zero-order valence-corrected chi connectivity index (χ0v) is 15.2. The molecule has 0 bridgehead atoms. The molecule has 2 saturated heterocycles. The molecule has 2 atom stereocenters. The van der Waals surface area contributed by atoms with E-state index in [4.69, 9.17) is 0 Å². The van der Waals surface area contributed by atoms with Crippen LogP contribution in [-0.2, 0) is 9.59 Å². The number of carboxylic acids is 1. The lowest BCUT2D eigenvalue weighted by molar-refractivity contribution is -0.150. The van der Waals surface area contributed by atoms with Gasteiger partial charge in [0, 0.05) is 31.7 Å². The molecule has 2 heterocycles. The summed E-state index contributed by atoms with van der Waals surface area (Å²) in [5.41, 5.74) is -0.0172. The maximum atomic E-state index is 13.1. The quantitative estimate of drug-likeness (QED) is 0.899. The second-order valence-corrected chi connectivity index (χ2v) is 7.69. The number of amides is 2. The van der Waals surface area contributed by atoms with Gasteiger partial charge in [-0.15, -0.1) is 0 Å². The van der Waals surface area contributed by atoms with E-state index in [0.29, 0.717) is 38.0 Å². The lowest BCUT2D eigenvalue weighted by atomic mass is 9.79. The zero-order valence-electron chi connectivity index (χ0n) is 15.2. The molecule has 0 saturated carbocycles. The van der Waals surface area contributed by atoms with Crippen LogP contribution < -0.4 is 0 Å². The topological polar surface area (TPSA) is 77.9 Å². The first-order valence-electron chi connectivity index (χ1n) is 9.27. The van der Waals surface area contributed by atoms with Gasteiger partial charge < -0.3 is 14.9 Å². The summed E-state index contributed by atoms with van der Waals surface area (Å²) >= 11 is 0. The van der Waals surface area contributed by atoms with Crippen LogP contribution in [0.1, 0.15) is 43.0 Å². The van der Waals surface area contributed by atoms with E-state index in [2.05, 4.69) is 0 Å². The number of rotatable bonds is 3. The molecule has 1 N–H and O–H groups in total. The SMILES string of the molecule is CC1(C(=O)N2CCCC(C(=O)O)C2)CCCN(C(=O)c2ccccc2)C1. The van der Waals surface area contributed by atoms with Gasteiger partial charge in [-0.25, -0.2) is 0 Å². The first-order chi connectivity index (χ1) is 12.4. The summed E-state index contributed by atoms with van der Waals surface area (Å²) in [7, 11) is 0. The molecule has 2 fully saturated rings. The smallest absolute Gasteiger partial charge is 0.308 e. The van der Waals surface area contributed by atoms with Gasteiger partial charge in [-0.2, -0.15) is 0 Å². The van der Waals surface area contributed by atoms with E-state index in [9.17, 15) is 19.5 Å². The molecule has 3 rings (SSSR count). The summed E-state index contributed by atoms with van der Waals surface area (Å²) in [5, 5.41) is 9.26. The number of likely N-dealkylation sites (tertiary alicyclic amines) is 2. The molecule has 0 aromatic heterocycles. The highest BCUT2D eigenvalue weighted by molar-refractivity contribution is 5.95. The van der Waals surface area contributed by atoms with Crippen molar-refractivity contribution in [3.63, 3.8) is 0 Å². The van der Waals surface area contributed by atoms with E-state index in [0.717, 1.165) is 12.8 Å². The highest BCUT2D eigenvalue weighted by atomic mass is 16.4. The Kier molecular flexibility index (Phi) is 5.30. The number of benzene rings is 1. The van der Waals surface area contributed by atoms with Gasteiger partial charge in [0.2, 0.25) is 5.91 Å². The second-order valence-electron chi connectivity index (χ2n) is 7.69. The minimum absolute atomic E-state index is 0.0194. The van der Waals surface area contributed by atoms with Crippen LogP contribution in [0.3, 0.4) is 0 Å². The molecule has 6 heteroatoms. The largest absolute Gasteiger partial charge is 0.481 e. The molecule has 140 valence electrons. The average molecular weight is 358 g/mol. The van der Waals surface area contributed by atoms with Crippen LogP contribution in [0.5, 0.6) is 0 Å². The summed E-state index contributed by atoms with van der Waals surface area (Å²) in [6, 6.07) is 9.12. The van der Waals surface area contributed by atoms with Gasteiger partial charge in [0.15, 0.2) is 0 Å². The van der Waals surface area contributed by atoms with Crippen molar-refractivity contribution in [1.29, 1.82) is 0 Å². The normalized spacial score (nSPS) is 26.4. The number of nitrogens with zero attached hydrogens (tertiary/aromatic N) is 2. The molecule has 2 amide bonds. The second kappa shape index (κ2) is 7.48. The van der Waals surface area contributed by atoms with E-state index in [-0.39, 0.29) is 18.4 Å². The number of carboxylic acid groups (broad SMARTS) is 1. The van der Waals surface area contributed by atoms with Crippen molar-refractivity contribution in [2.24, 2.45) is 11.3 Å². The Labute approximate surface area is 153 Å². The van der Waals surface area contributed by atoms with Crippen molar-refractivity contribution in [2.45, 2.75) is 32.6 Å². The summed E-state index contributed by atoms with van der Waals surface area (Å²) in [6.07, 6.45) is 2.83. The third kappa shape index (κ3) is 3.74. The fourth-order valence-electron chi connectivity index (χ4n) is 4.10. The number of piperidine rings is 2. The van der Waals surface area contributed by atoms with E-state index >= 15 is 0 Å². The Bertz CT molecular complexity index is 690. The predicted octanol–water partition coefficient (Wildman–Crippen LogP) is 2.25. The summed E-state index contributed by atoms with van der Waals surface area (Å²) in [6.45, 7) is 3.81. The van der Waals surface area contributed by atoms with Gasteiger partial charge >= 0.3 is 5.97 Å². The fraction of sp³-hybridized carbons (Fsp3) is 0.550. The average Bonchev–Trinajstić information content (AvgIpc) is 2.67. The molecule has 26 heavy (non-hydrogen) atoms. The van der Waals surface area contributed by atoms with Crippen molar-refractivity contribution in [3.05, 3.63) is 35.9 Å². The minimum atomic E-state index is -0.836. The van der Waals surface area contributed by atoms with Crippen molar-refractivity contribution in [3.8, 4) is 0 Å². The van der Waals surface area contributed by atoms with Crippen molar-refractivity contribution < 1.29 is 19.5 Å². The molecule has 1 aromatic carbocycles. The predicted molar refractivity (Wildman–Crippen MR) is 96.6 cm³/mol. The highest BCUT2D eigenvalue weighted by Gasteiger charge is 2.43. The minimum Gasteiger partial charge on any atom is -0.481 e. The molecule has 2 aliphatic heterocycles. The van der Waals surface area contributed by atoms with E-state index < -0.39 is 17.3 Å². The molecule has 0 spiro atoms. The monoisotopic (exact) mass is 358 g/mol. The lowest BCUT2D eigenvalue weighted by Gasteiger charge is -2.43. The van der Waals surface area contributed by atoms with Crippen LogP contribution in [0.15, 0.2) is 30.3 Å². The molecule has 1 aromatic rings. The maximum absolute atomic E-state index is 13.1. The Morgan fingerprint density at radius 3 is 2.46 bits per heavy atom. The first kappa shape index (κ1) is 18.4. The van der Waals surface area contributed by atoms with Gasteiger partial charge in [0.05, 0.1) is 11.3 Å². The number of carbonyl (C=O) groups excluding carboxylic acids is 2. The molecular weight excluding hydrogens is 332 g/mol. The zero-order chi connectivity index (χ0) is 18.7. The van der Waals surface area contributed by atoms with Crippen molar-refractivity contribution in [1.82, 2.24) is 9.80 Å². The highest BCUT2D eigenvalue weighted by Crippen LogP contribution is 2.34. The molecule has 6 nitrogen and oxygen atoms in total. The Morgan fingerprint density at radius 1 is 1.08 bits per heavy atom. The van der Waals surface area contributed by atoms with E-state index in [1.165, 1.54) is 0 Å². The maximum Gasteiger partial charge on any atom is 0.308 e. The molecule has 2 unspecified atom stereocenters. The van der Waals surface area contributed by atoms with Crippen molar-refractivity contribution >= 4 is 17.8 Å². The third-order valence-corrected chi connectivity index (χ3v) is 5.58. The molecule has 2 aliphatic rings. The number of hydrogen-bond donors (Lipinski definition) is 1. The molecular formula is C20H26N2O4. The van der Waals surface area contributed by atoms with Gasteiger partial charge in [-0.1, -0.05) is 18.2 Å². The Morgan fingerprint density at radius 2 is 1.77 bits per heavy atom. The summed E-state index contributed by atoms with van der Waals surface area (Å²) < 4.78 is 0. The lowest BCUT2D eigenvalue weighted by Crippen LogP contribution is -2.55. The van der Waals surface area contributed by atoms with Crippen LogP contribution in [0, 0.1) is 11.3 Å². The van der Waals surface area contributed by atoms with Gasteiger partial charge in [-0.3, -0.25) is 14.4 Å². The molecule has 0 radical (unpaired) electrons. The van der Waals surface area contributed by atoms with Crippen molar-refractivity contribution in [2.75, 3.05) is 26.2 Å². The van der Waals surface area contributed by atoms with Crippen LogP contribution in [0.25, 0.3) is 0 Å². The van der Waals surface area contributed by atoms with E-state index in [1.807, 2.05) is 25.1 Å². The third-order valence-electron chi connectivity index (χ3n) is 5.58. The first-order valence-corrected chi connectivity index (χ1v) is 9.27. The van der Waals surface area contributed by atoms with Crippen LogP contribution in [-0.4, -0.2) is 58.9 Å². The standard InChI is InChI=1S/C20H26N2O4/c1-20(19(26)21-11-5-9-16(13-21)18(24)25)10-6-12-22(14-20)17(23)15-7-3-2-4-8-15/h2-4,7-8,16H,5-6,9-14H2,1H3,(H,24,25). The van der Waals surface area contributed by atoms with Gasteiger partial charge in [-0.05, 0) is 44.7 Å². The van der Waals surface area contributed by atoms with Gasteiger partial charge in [0.25, 0.3) is 5.91 Å². The fourth-order valence-corrected chi connectivity index (χ4v) is 4.10. The van der Waals surface area contributed by atoms with Crippen LogP contribution in [0.4, 0.5) is 0 Å². The Hall–Kier alpha value is -2.37. The molecule has 0 aliphatic carbocycles. The number of hydrogen-bond acceptors (Lipinski definition) is 3.